The van der Waals surface area contributed by atoms with E-state index in [0.717, 1.165) is 34.8 Å². The molecule has 1 amide bonds. The van der Waals surface area contributed by atoms with Crippen LogP contribution in [0.5, 0.6) is 0 Å². The molecule has 27 heavy (non-hydrogen) atoms. The maximum absolute atomic E-state index is 12.7. The van der Waals surface area contributed by atoms with Crippen LogP contribution < -0.4 is 5.73 Å². The first-order valence-electron chi connectivity index (χ1n) is 9.47. The van der Waals surface area contributed by atoms with Crippen molar-refractivity contribution in [1.29, 1.82) is 0 Å². The van der Waals surface area contributed by atoms with Gasteiger partial charge < -0.3 is 10.6 Å². The standard InChI is InChI=1S/C20H32N6O/c1-12(2)18(21)8-9-25(7)19(27)11-17-15(5)24-26(16(17)6)20-22-13(3)10-14(4)23-20/h10,12,18H,8-9,11,21H2,1-7H3. The molecule has 0 aliphatic carbocycles. The zero-order valence-electron chi connectivity index (χ0n) is 17.6. The average Bonchev–Trinajstić information content (AvgIpc) is 2.86. The Morgan fingerprint density at radius 2 is 1.78 bits per heavy atom. The van der Waals surface area contributed by atoms with Gasteiger partial charge in [-0.3, -0.25) is 4.79 Å². The number of carbonyl (C=O) groups is 1. The van der Waals surface area contributed by atoms with E-state index in [4.69, 9.17) is 5.73 Å². The van der Waals surface area contributed by atoms with Crippen LogP contribution in [-0.2, 0) is 11.2 Å². The Labute approximate surface area is 162 Å². The Morgan fingerprint density at radius 1 is 1.19 bits per heavy atom. The summed E-state index contributed by atoms with van der Waals surface area (Å²) in [6, 6.07) is 2.03. The lowest BCUT2D eigenvalue weighted by molar-refractivity contribution is -0.129. The minimum Gasteiger partial charge on any atom is -0.345 e. The Kier molecular flexibility index (Phi) is 6.70. The summed E-state index contributed by atoms with van der Waals surface area (Å²) in [5.41, 5.74) is 10.5. The second kappa shape index (κ2) is 8.61. The van der Waals surface area contributed by atoms with Crippen molar-refractivity contribution in [3.8, 4) is 5.95 Å². The number of hydrogen-bond acceptors (Lipinski definition) is 5. The predicted molar refractivity (Wildman–Crippen MR) is 107 cm³/mol. The molecule has 2 rings (SSSR count). The van der Waals surface area contributed by atoms with Gasteiger partial charge in [0.15, 0.2) is 0 Å². The number of nitrogens with two attached hydrogens (primary N) is 1. The van der Waals surface area contributed by atoms with E-state index in [1.165, 1.54) is 0 Å². The van der Waals surface area contributed by atoms with Crippen LogP contribution in [0.2, 0.25) is 0 Å². The van der Waals surface area contributed by atoms with E-state index in [1.54, 1.807) is 9.58 Å². The van der Waals surface area contributed by atoms with Crippen molar-refractivity contribution >= 4 is 5.91 Å². The first kappa shape index (κ1) is 21.0. The number of nitrogens with zero attached hydrogens (tertiary/aromatic N) is 5. The molecular formula is C20H32N6O. The van der Waals surface area contributed by atoms with Crippen LogP contribution in [0.1, 0.15) is 48.6 Å². The second-order valence-corrected chi connectivity index (χ2v) is 7.70. The van der Waals surface area contributed by atoms with Gasteiger partial charge in [0.25, 0.3) is 5.95 Å². The monoisotopic (exact) mass is 372 g/mol. The summed E-state index contributed by atoms with van der Waals surface area (Å²) >= 11 is 0. The van der Waals surface area contributed by atoms with Gasteiger partial charge >= 0.3 is 0 Å². The molecule has 7 nitrogen and oxygen atoms in total. The van der Waals surface area contributed by atoms with Crippen molar-refractivity contribution in [2.45, 2.75) is 60.4 Å². The lowest BCUT2D eigenvalue weighted by Gasteiger charge is -2.21. The third-order valence-electron chi connectivity index (χ3n) is 5.01. The molecule has 7 heteroatoms. The fourth-order valence-electron chi connectivity index (χ4n) is 3.01. The molecule has 2 aromatic rings. The Morgan fingerprint density at radius 3 is 2.33 bits per heavy atom. The molecule has 0 saturated carbocycles. The second-order valence-electron chi connectivity index (χ2n) is 7.70. The van der Waals surface area contributed by atoms with Gasteiger partial charge in [0.05, 0.1) is 12.1 Å². The Bertz CT molecular complexity index is 791. The van der Waals surface area contributed by atoms with Gasteiger partial charge in [0.2, 0.25) is 5.91 Å². The Balaban J connectivity index is 2.15. The van der Waals surface area contributed by atoms with Crippen molar-refractivity contribution in [3.63, 3.8) is 0 Å². The van der Waals surface area contributed by atoms with Crippen molar-refractivity contribution < 1.29 is 4.79 Å². The van der Waals surface area contributed by atoms with Crippen LogP contribution in [0.3, 0.4) is 0 Å². The molecule has 0 fully saturated rings. The maximum atomic E-state index is 12.7. The highest BCUT2D eigenvalue weighted by Crippen LogP contribution is 2.18. The van der Waals surface area contributed by atoms with E-state index in [-0.39, 0.29) is 11.9 Å². The average molecular weight is 373 g/mol. The summed E-state index contributed by atoms with van der Waals surface area (Å²) in [5, 5.41) is 4.57. The highest BCUT2D eigenvalue weighted by atomic mass is 16.2. The number of likely N-dealkylation sites (N-methyl/N-ethyl adjacent to an activating group) is 1. The largest absolute Gasteiger partial charge is 0.345 e. The molecule has 0 bridgehead atoms. The van der Waals surface area contributed by atoms with Crippen LogP contribution in [-0.4, -0.2) is 50.2 Å². The van der Waals surface area contributed by atoms with Crippen molar-refractivity contribution in [1.82, 2.24) is 24.6 Å². The third kappa shape index (κ3) is 5.13. The molecule has 0 aliphatic rings. The summed E-state index contributed by atoms with van der Waals surface area (Å²) in [6.07, 6.45) is 1.11. The minimum atomic E-state index is 0.0676. The molecular weight excluding hydrogens is 340 g/mol. The molecule has 0 spiro atoms. The number of carbonyl (C=O) groups excluding carboxylic acids is 1. The minimum absolute atomic E-state index is 0.0676. The lowest BCUT2D eigenvalue weighted by Crippen LogP contribution is -2.35. The number of aryl methyl sites for hydroxylation is 3. The SMILES string of the molecule is Cc1cc(C)nc(-n2nc(C)c(CC(=O)N(C)CCC(N)C(C)C)c2C)n1. The summed E-state index contributed by atoms with van der Waals surface area (Å²) in [7, 11) is 1.83. The van der Waals surface area contributed by atoms with E-state index in [1.807, 2.05) is 40.8 Å². The van der Waals surface area contributed by atoms with Gasteiger partial charge in [0, 0.05) is 42.3 Å². The summed E-state index contributed by atoms with van der Waals surface area (Å²) in [4.78, 5) is 23.4. The first-order valence-corrected chi connectivity index (χ1v) is 9.47. The van der Waals surface area contributed by atoms with Gasteiger partial charge in [-0.15, -0.1) is 0 Å². The Hall–Kier alpha value is -2.28. The van der Waals surface area contributed by atoms with Crippen LogP contribution in [0.25, 0.3) is 5.95 Å². The van der Waals surface area contributed by atoms with Crippen molar-refractivity contribution in [3.05, 3.63) is 34.4 Å². The summed E-state index contributed by atoms with van der Waals surface area (Å²) in [5.74, 6) is 1.02. The van der Waals surface area contributed by atoms with E-state index >= 15 is 0 Å². The molecule has 1 unspecified atom stereocenters. The number of hydrogen-bond donors (Lipinski definition) is 1. The number of rotatable bonds is 7. The number of amides is 1. The predicted octanol–water partition coefficient (Wildman–Crippen LogP) is 2.27. The summed E-state index contributed by atoms with van der Waals surface area (Å²) < 4.78 is 1.73. The third-order valence-corrected chi connectivity index (χ3v) is 5.01. The topological polar surface area (TPSA) is 89.9 Å². The van der Waals surface area contributed by atoms with Crippen LogP contribution >= 0.6 is 0 Å². The maximum Gasteiger partial charge on any atom is 0.251 e. The molecule has 0 aromatic carbocycles. The van der Waals surface area contributed by atoms with Crippen LogP contribution in [0, 0.1) is 33.6 Å². The van der Waals surface area contributed by atoms with Gasteiger partial charge in [0.1, 0.15) is 0 Å². The molecule has 0 saturated heterocycles. The molecule has 1 atom stereocenters. The van der Waals surface area contributed by atoms with Gasteiger partial charge in [-0.2, -0.15) is 5.10 Å². The van der Waals surface area contributed by atoms with Crippen LogP contribution in [0.15, 0.2) is 6.07 Å². The van der Waals surface area contributed by atoms with Crippen molar-refractivity contribution in [2.24, 2.45) is 11.7 Å². The zero-order valence-corrected chi connectivity index (χ0v) is 17.6. The van der Waals surface area contributed by atoms with Gasteiger partial charge in [-0.05, 0) is 46.1 Å². The fourth-order valence-corrected chi connectivity index (χ4v) is 3.01. The molecule has 0 radical (unpaired) electrons. The number of aromatic nitrogens is 4. The highest BCUT2D eigenvalue weighted by molar-refractivity contribution is 5.79. The molecule has 2 N–H and O–H groups in total. The highest BCUT2D eigenvalue weighted by Gasteiger charge is 2.20. The van der Waals surface area contributed by atoms with E-state index < -0.39 is 0 Å². The van der Waals surface area contributed by atoms with Crippen molar-refractivity contribution in [2.75, 3.05) is 13.6 Å². The molecule has 2 aromatic heterocycles. The first-order chi connectivity index (χ1) is 12.6. The normalized spacial score (nSPS) is 12.5. The smallest absolute Gasteiger partial charge is 0.251 e. The summed E-state index contributed by atoms with van der Waals surface area (Å²) in [6.45, 7) is 12.6. The van der Waals surface area contributed by atoms with Gasteiger partial charge in [-0.25, -0.2) is 14.6 Å². The molecule has 148 valence electrons. The zero-order chi connectivity index (χ0) is 20.3. The van der Waals surface area contributed by atoms with E-state index in [2.05, 4.69) is 28.9 Å². The van der Waals surface area contributed by atoms with Crippen LogP contribution in [0.4, 0.5) is 0 Å². The van der Waals surface area contributed by atoms with E-state index in [9.17, 15) is 4.79 Å². The van der Waals surface area contributed by atoms with E-state index in [0.29, 0.717) is 24.8 Å². The molecule has 2 heterocycles. The molecule has 0 aliphatic heterocycles. The van der Waals surface area contributed by atoms with Gasteiger partial charge in [-0.1, -0.05) is 13.8 Å². The fraction of sp³-hybridized carbons (Fsp3) is 0.600. The lowest BCUT2D eigenvalue weighted by atomic mass is 10.0. The quantitative estimate of drug-likeness (QED) is 0.805.